The fraction of sp³-hybridized carbons (Fsp3) is 0.611. The minimum absolute atomic E-state index is 0.219. The minimum atomic E-state index is -0.774. The third-order valence-electron chi connectivity index (χ3n) is 4.93. The van der Waals surface area contributed by atoms with E-state index in [9.17, 15) is 9.90 Å². The molecule has 0 fully saturated rings. The second kappa shape index (κ2) is 7.60. The van der Waals surface area contributed by atoms with Gasteiger partial charge in [0, 0.05) is 6.54 Å². The minimum Gasteiger partial charge on any atom is -0.481 e. The van der Waals surface area contributed by atoms with E-state index in [4.69, 9.17) is 5.73 Å². The molecule has 0 saturated carbocycles. The predicted molar refractivity (Wildman–Crippen MR) is 87.7 cm³/mol. The molecule has 0 heterocycles. The Balaban J connectivity index is 2.94. The lowest BCUT2D eigenvalue weighted by molar-refractivity contribution is -0.142. The smallest absolute Gasteiger partial charge is 0.307 e. The number of carbonyl (C=O) groups is 1. The molecule has 0 bridgehead atoms. The van der Waals surface area contributed by atoms with Crippen LogP contribution in [0.2, 0.25) is 0 Å². The van der Waals surface area contributed by atoms with E-state index in [0.717, 1.165) is 12.8 Å². The van der Waals surface area contributed by atoms with Gasteiger partial charge in [-0.3, -0.25) is 4.79 Å². The van der Waals surface area contributed by atoms with Gasteiger partial charge in [-0.05, 0) is 74.3 Å². The normalized spacial score (nSPS) is 14.0. The largest absolute Gasteiger partial charge is 0.481 e. The average Bonchev–Trinajstić information content (AvgIpc) is 2.45. The van der Waals surface area contributed by atoms with Gasteiger partial charge in [0.2, 0.25) is 0 Å². The molecule has 0 aliphatic heterocycles. The monoisotopic (exact) mass is 291 g/mol. The number of hydrogen-bond donors (Lipinski definition) is 2. The van der Waals surface area contributed by atoms with Crippen LogP contribution in [0.15, 0.2) is 6.07 Å². The summed E-state index contributed by atoms with van der Waals surface area (Å²) in [5, 5.41) is 9.18. The summed E-state index contributed by atoms with van der Waals surface area (Å²) in [6.07, 6.45) is 2.58. The Kier molecular flexibility index (Phi) is 6.41. The van der Waals surface area contributed by atoms with Gasteiger partial charge in [-0.25, -0.2) is 0 Å². The molecule has 0 aliphatic carbocycles. The first-order chi connectivity index (χ1) is 9.81. The molecule has 21 heavy (non-hydrogen) atoms. The lowest BCUT2D eigenvalue weighted by atomic mass is 9.84. The highest BCUT2D eigenvalue weighted by Gasteiger charge is 2.21. The second-order valence-corrected chi connectivity index (χ2v) is 6.21. The Morgan fingerprint density at radius 2 is 1.81 bits per heavy atom. The first kappa shape index (κ1) is 17.7. The van der Waals surface area contributed by atoms with E-state index in [0.29, 0.717) is 12.3 Å². The number of carboxylic acid groups (broad SMARTS) is 1. The van der Waals surface area contributed by atoms with Crippen LogP contribution in [-0.2, 0) is 11.2 Å². The summed E-state index contributed by atoms with van der Waals surface area (Å²) in [4.78, 5) is 11.2. The van der Waals surface area contributed by atoms with Crippen LogP contribution < -0.4 is 5.73 Å². The van der Waals surface area contributed by atoms with Crippen molar-refractivity contribution in [1.29, 1.82) is 0 Å². The quantitative estimate of drug-likeness (QED) is 0.807. The third-order valence-corrected chi connectivity index (χ3v) is 4.93. The molecular weight excluding hydrogens is 262 g/mol. The summed E-state index contributed by atoms with van der Waals surface area (Å²) >= 11 is 0. The van der Waals surface area contributed by atoms with Gasteiger partial charge in [-0.15, -0.1) is 0 Å². The molecule has 0 radical (unpaired) electrons. The van der Waals surface area contributed by atoms with E-state index >= 15 is 0 Å². The molecule has 0 amide bonds. The summed E-state index contributed by atoms with van der Waals surface area (Å²) in [5.41, 5.74) is 12.3. The van der Waals surface area contributed by atoms with Gasteiger partial charge in [-0.1, -0.05) is 19.4 Å². The van der Waals surface area contributed by atoms with Gasteiger partial charge in [0.1, 0.15) is 0 Å². The van der Waals surface area contributed by atoms with Crippen LogP contribution in [0.3, 0.4) is 0 Å². The number of aryl methyl sites for hydroxylation is 1. The fourth-order valence-corrected chi connectivity index (χ4v) is 2.91. The highest BCUT2D eigenvalue weighted by Crippen LogP contribution is 2.27. The molecule has 3 N–H and O–H groups in total. The molecule has 0 aromatic heterocycles. The maximum Gasteiger partial charge on any atom is 0.307 e. The average molecular weight is 291 g/mol. The van der Waals surface area contributed by atoms with E-state index < -0.39 is 11.9 Å². The Hall–Kier alpha value is -1.35. The maximum atomic E-state index is 11.2. The van der Waals surface area contributed by atoms with Crippen molar-refractivity contribution in [3.63, 3.8) is 0 Å². The third kappa shape index (κ3) is 4.31. The van der Waals surface area contributed by atoms with E-state index in [-0.39, 0.29) is 6.54 Å². The zero-order chi connectivity index (χ0) is 16.2. The summed E-state index contributed by atoms with van der Waals surface area (Å²) in [6, 6.07) is 2.26. The van der Waals surface area contributed by atoms with Gasteiger partial charge in [-0.2, -0.15) is 0 Å². The summed E-state index contributed by atoms with van der Waals surface area (Å²) in [7, 11) is 0. The maximum absolute atomic E-state index is 11.2. The number of aliphatic carboxylic acids is 1. The number of nitrogens with two attached hydrogens (primary N) is 1. The first-order valence-corrected chi connectivity index (χ1v) is 7.80. The molecule has 0 saturated heterocycles. The van der Waals surface area contributed by atoms with E-state index in [2.05, 4.69) is 40.7 Å². The zero-order valence-corrected chi connectivity index (χ0v) is 14.0. The van der Waals surface area contributed by atoms with Crippen molar-refractivity contribution < 1.29 is 9.90 Å². The molecule has 1 aromatic carbocycles. The van der Waals surface area contributed by atoms with Crippen LogP contribution in [0.5, 0.6) is 0 Å². The lowest BCUT2D eigenvalue weighted by Crippen LogP contribution is -2.26. The molecule has 3 heteroatoms. The standard InChI is InChI=1S/C18H29NO2/c1-6-15(9-17(10-19)18(20)21)8-16-7-11(2)12(3)13(4)14(16)5/h7,15,17H,6,8-10,19H2,1-5H3,(H,20,21). The molecule has 2 unspecified atom stereocenters. The summed E-state index contributed by atoms with van der Waals surface area (Å²) < 4.78 is 0. The van der Waals surface area contributed by atoms with Crippen molar-refractivity contribution in [3.05, 3.63) is 33.9 Å². The fourth-order valence-electron chi connectivity index (χ4n) is 2.91. The van der Waals surface area contributed by atoms with Crippen molar-refractivity contribution in [2.24, 2.45) is 17.6 Å². The predicted octanol–water partition coefficient (Wildman–Crippen LogP) is 3.54. The van der Waals surface area contributed by atoms with Gasteiger partial charge in [0.15, 0.2) is 0 Å². The molecule has 118 valence electrons. The van der Waals surface area contributed by atoms with Crippen molar-refractivity contribution in [1.82, 2.24) is 0 Å². The van der Waals surface area contributed by atoms with Gasteiger partial charge in [0.25, 0.3) is 0 Å². The summed E-state index contributed by atoms with van der Waals surface area (Å²) in [5.74, 6) is -0.832. The first-order valence-electron chi connectivity index (χ1n) is 7.80. The molecule has 1 aromatic rings. The molecule has 0 aliphatic rings. The van der Waals surface area contributed by atoms with Crippen LogP contribution in [0.4, 0.5) is 0 Å². The van der Waals surface area contributed by atoms with Crippen LogP contribution in [0, 0.1) is 39.5 Å². The highest BCUT2D eigenvalue weighted by atomic mass is 16.4. The molecule has 3 nitrogen and oxygen atoms in total. The number of rotatable bonds is 7. The van der Waals surface area contributed by atoms with Gasteiger partial charge < -0.3 is 10.8 Å². The van der Waals surface area contributed by atoms with Gasteiger partial charge in [0.05, 0.1) is 5.92 Å². The van der Waals surface area contributed by atoms with Crippen LogP contribution >= 0.6 is 0 Å². The Labute approximate surface area is 128 Å². The van der Waals surface area contributed by atoms with Crippen molar-refractivity contribution in [2.45, 2.75) is 53.9 Å². The number of benzene rings is 1. The van der Waals surface area contributed by atoms with Crippen LogP contribution in [-0.4, -0.2) is 17.6 Å². The van der Waals surface area contributed by atoms with E-state index in [1.807, 2.05) is 0 Å². The topological polar surface area (TPSA) is 63.3 Å². The van der Waals surface area contributed by atoms with E-state index in [1.165, 1.54) is 27.8 Å². The molecule has 1 rings (SSSR count). The van der Waals surface area contributed by atoms with Gasteiger partial charge >= 0.3 is 5.97 Å². The van der Waals surface area contributed by atoms with E-state index in [1.54, 1.807) is 0 Å². The summed E-state index contributed by atoms with van der Waals surface area (Å²) in [6.45, 7) is 11.0. The van der Waals surface area contributed by atoms with Crippen molar-refractivity contribution >= 4 is 5.97 Å². The zero-order valence-electron chi connectivity index (χ0n) is 14.0. The number of hydrogen-bond acceptors (Lipinski definition) is 2. The Bertz CT molecular complexity index is 508. The molecular formula is C18H29NO2. The lowest BCUT2D eigenvalue weighted by Gasteiger charge is -2.22. The Morgan fingerprint density at radius 1 is 1.19 bits per heavy atom. The molecule has 2 atom stereocenters. The SMILES string of the molecule is CCC(Cc1cc(C)c(C)c(C)c1C)CC(CN)C(=O)O. The second-order valence-electron chi connectivity index (χ2n) is 6.21. The highest BCUT2D eigenvalue weighted by molar-refractivity contribution is 5.70. The number of carboxylic acids is 1. The molecule has 0 spiro atoms. The van der Waals surface area contributed by atoms with Crippen LogP contribution in [0.1, 0.15) is 47.6 Å². The van der Waals surface area contributed by atoms with Crippen molar-refractivity contribution in [3.8, 4) is 0 Å². The Morgan fingerprint density at radius 3 is 2.29 bits per heavy atom. The van der Waals surface area contributed by atoms with Crippen LogP contribution in [0.25, 0.3) is 0 Å². The van der Waals surface area contributed by atoms with Crippen molar-refractivity contribution in [2.75, 3.05) is 6.54 Å².